The number of anilines is 1. The molecule has 1 unspecified atom stereocenters. The van der Waals surface area contributed by atoms with Crippen molar-refractivity contribution in [3.05, 3.63) is 34.0 Å². The number of alkyl halides is 2. The van der Waals surface area contributed by atoms with Gasteiger partial charge in [0.1, 0.15) is 4.90 Å². The third kappa shape index (κ3) is 3.39. The van der Waals surface area contributed by atoms with E-state index in [1.54, 1.807) is 4.68 Å². The van der Waals surface area contributed by atoms with Gasteiger partial charge in [0.2, 0.25) is 5.88 Å². The van der Waals surface area contributed by atoms with E-state index in [1.165, 1.54) is 6.20 Å². The van der Waals surface area contributed by atoms with Gasteiger partial charge in [-0.1, -0.05) is 0 Å². The Hall–Kier alpha value is -2.53. The highest BCUT2D eigenvalue weighted by Crippen LogP contribution is 2.45. The molecule has 2 aromatic rings. The second-order valence-corrected chi connectivity index (χ2v) is 9.80. The van der Waals surface area contributed by atoms with Crippen LogP contribution in [0.5, 0.6) is 5.88 Å². The van der Waals surface area contributed by atoms with E-state index in [-0.39, 0.29) is 16.3 Å². The molecule has 0 saturated heterocycles. The van der Waals surface area contributed by atoms with Crippen LogP contribution in [0.3, 0.4) is 0 Å². The number of benzene rings is 1. The lowest BCUT2D eigenvalue weighted by Gasteiger charge is -2.20. The summed E-state index contributed by atoms with van der Waals surface area (Å²) in [6.45, 7) is 1.04. The zero-order chi connectivity index (χ0) is 21.8. The first-order valence-corrected chi connectivity index (χ1v) is 12.0. The molecule has 1 aromatic heterocycles. The average molecular weight is 451 g/mol. The van der Waals surface area contributed by atoms with E-state index in [2.05, 4.69) is 14.8 Å². The molecule has 1 aromatic carbocycles. The minimum atomic E-state index is -3.59. The van der Waals surface area contributed by atoms with Gasteiger partial charge in [0, 0.05) is 24.2 Å². The number of aromatic nitrogens is 2. The van der Waals surface area contributed by atoms with Gasteiger partial charge in [-0.05, 0) is 60.8 Å². The Labute approximate surface area is 178 Å². The molecule has 11 heteroatoms. The summed E-state index contributed by atoms with van der Waals surface area (Å²) >= 11 is 0. The third-order valence-electron chi connectivity index (χ3n) is 6.19. The first-order valence-electron chi connectivity index (χ1n) is 10.4. The quantitative estimate of drug-likeness (QED) is 0.744. The number of nitrogens with zero attached hydrogens (tertiary/aromatic N) is 3. The van der Waals surface area contributed by atoms with Gasteiger partial charge in [-0.2, -0.15) is 5.10 Å². The number of ether oxygens (including phenoxy) is 1. The number of nitrogens with two attached hydrogens (primary N) is 1. The number of rotatable bonds is 3. The van der Waals surface area contributed by atoms with Crippen LogP contribution in [-0.4, -0.2) is 26.6 Å². The van der Waals surface area contributed by atoms with E-state index in [1.807, 2.05) is 0 Å². The fourth-order valence-electron chi connectivity index (χ4n) is 4.96. The molecule has 0 saturated carbocycles. The molecule has 1 aliphatic heterocycles. The summed E-state index contributed by atoms with van der Waals surface area (Å²) < 4.78 is 51.5. The highest BCUT2D eigenvalue weighted by atomic mass is 32.2. The van der Waals surface area contributed by atoms with Crippen molar-refractivity contribution in [2.75, 3.05) is 11.9 Å². The fourth-order valence-corrected chi connectivity index (χ4v) is 5.96. The van der Waals surface area contributed by atoms with Crippen LogP contribution >= 0.6 is 0 Å². The average Bonchev–Trinajstić information content (AvgIpc) is 3.46. The molecule has 0 spiro atoms. The molecule has 2 aliphatic carbocycles. The summed E-state index contributed by atoms with van der Waals surface area (Å²) in [5, 5.41) is 12.8. The van der Waals surface area contributed by atoms with Crippen molar-refractivity contribution in [1.29, 1.82) is 0 Å². The predicted molar refractivity (Wildman–Crippen MR) is 110 cm³/mol. The van der Waals surface area contributed by atoms with Crippen molar-refractivity contribution in [2.45, 2.75) is 62.8 Å². The number of hydrogen-bond acceptors (Lipinski definition) is 4. The van der Waals surface area contributed by atoms with Gasteiger partial charge < -0.3 is 10.1 Å². The maximum Gasteiger partial charge on any atom is 0.354 e. The van der Waals surface area contributed by atoms with E-state index in [0.29, 0.717) is 55.6 Å². The summed E-state index contributed by atoms with van der Waals surface area (Å²) in [4.78, 5) is 12.8. The van der Waals surface area contributed by atoms with Gasteiger partial charge in [0.15, 0.2) is 9.92 Å². The predicted octanol–water partition coefficient (Wildman–Crippen LogP) is 3.51. The van der Waals surface area contributed by atoms with Crippen LogP contribution in [0.4, 0.5) is 19.3 Å². The number of amides is 2. The molecule has 3 N–H and O–H groups in total. The lowest BCUT2D eigenvalue weighted by Crippen LogP contribution is -2.21. The molecular weight excluding hydrogens is 428 g/mol. The van der Waals surface area contributed by atoms with Gasteiger partial charge >= 0.3 is 6.03 Å². The van der Waals surface area contributed by atoms with E-state index in [9.17, 15) is 17.8 Å². The molecule has 8 nitrogen and oxygen atoms in total. The number of hydrogen-bond donors (Lipinski definition) is 2. The number of carbonyl (C=O) groups is 1. The second-order valence-electron chi connectivity index (χ2n) is 8.04. The van der Waals surface area contributed by atoms with Crippen LogP contribution in [0.15, 0.2) is 15.5 Å². The Balaban J connectivity index is 1.52. The number of fused-ring (bicyclic) bond motifs is 3. The van der Waals surface area contributed by atoms with Gasteiger partial charge in [-0.15, -0.1) is 4.36 Å². The third-order valence-corrected chi connectivity index (χ3v) is 7.53. The molecule has 0 fully saturated rings. The number of aryl methyl sites for hydroxylation is 1. The van der Waals surface area contributed by atoms with Crippen molar-refractivity contribution in [1.82, 2.24) is 9.78 Å². The van der Waals surface area contributed by atoms with E-state index >= 15 is 0 Å². The van der Waals surface area contributed by atoms with Gasteiger partial charge in [-0.25, -0.2) is 27.6 Å². The molecule has 31 heavy (non-hydrogen) atoms. The SMILES string of the molecule is NS(=O)(=NC(=O)Nc1c2c(c(C(F)F)c3c1CCC3)CCC2)c1cnn2c1OCCC2. The monoisotopic (exact) mass is 451 g/mol. The van der Waals surface area contributed by atoms with E-state index in [4.69, 9.17) is 9.88 Å². The Kier molecular flexibility index (Phi) is 4.97. The van der Waals surface area contributed by atoms with Crippen LogP contribution in [0.2, 0.25) is 0 Å². The standard InChI is InChI=1S/C20H23F2N5O3S/c21-18(22)16-11-4-1-6-13(11)17(14-7-2-5-12(14)16)25-20(28)26-31(23,29)15-10-24-27-8-3-9-30-19(15)27/h10,18H,1-9H2,(H3,23,25,26,28,29). The molecule has 1 atom stereocenters. The summed E-state index contributed by atoms with van der Waals surface area (Å²) in [5.41, 5.74) is 3.45. The van der Waals surface area contributed by atoms with Crippen LogP contribution in [0.1, 0.15) is 53.5 Å². The molecule has 3 aliphatic rings. The maximum atomic E-state index is 13.8. The Morgan fingerprint density at radius 3 is 2.45 bits per heavy atom. The van der Waals surface area contributed by atoms with Crippen molar-refractivity contribution in [2.24, 2.45) is 9.50 Å². The van der Waals surface area contributed by atoms with Crippen LogP contribution in [0, 0.1) is 0 Å². The molecule has 166 valence electrons. The second kappa shape index (κ2) is 7.56. The fraction of sp³-hybridized carbons (Fsp3) is 0.500. The van der Waals surface area contributed by atoms with Gasteiger partial charge in [-0.3, -0.25) is 0 Å². The number of nitrogens with one attached hydrogen (secondary N) is 1. The number of halogens is 2. The first-order chi connectivity index (χ1) is 14.9. The Morgan fingerprint density at radius 2 is 1.81 bits per heavy atom. The molecule has 2 heterocycles. The normalized spacial score (nSPS) is 18.7. The van der Waals surface area contributed by atoms with Crippen molar-refractivity contribution >= 4 is 21.6 Å². The molecule has 0 bridgehead atoms. The lowest BCUT2D eigenvalue weighted by atomic mass is 9.92. The summed E-state index contributed by atoms with van der Waals surface area (Å²) in [6, 6.07) is -0.865. The van der Waals surface area contributed by atoms with E-state index < -0.39 is 22.4 Å². The first kappa shape index (κ1) is 20.4. The zero-order valence-electron chi connectivity index (χ0n) is 16.8. The molecular formula is C20H23F2N5O3S. The van der Waals surface area contributed by atoms with Gasteiger partial charge in [0.25, 0.3) is 6.43 Å². The van der Waals surface area contributed by atoms with Crippen LogP contribution in [-0.2, 0) is 42.1 Å². The molecule has 0 radical (unpaired) electrons. The smallest absolute Gasteiger partial charge is 0.354 e. The summed E-state index contributed by atoms with van der Waals surface area (Å²) in [7, 11) is -3.59. The number of urea groups is 1. The van der Waals surface area contributed by atoms with Crippen molar-refractivity contribution in [3.63, 3.8) is 0 Å². The molecule has 5 rings (SSSR count). The lowest BCUT2D eigenvalue weighted by molar-refractivity contribution is 0.149. The van der Waals surface area contributed by atoms with Crippen LogP contribution < -0.4 is 15.2 Å². The minimum Gasteiger partial charge on any atom is -0.477 e. The summed E-state index contributed by atoms with van der Waals surface area (Å²) in [5.74, 6) is 0.262. The topological polar surface area (TPSA) is 112 Å². The highest BCUT2D eigenvalue weighted by molar-refractivity contribution is 7.91. The Bertz CT molecular complexity index is 1160. The van der Waals surface area contributed by atoms with Crippen molar-refractivity contribution in [3.8, 4) is 5.88 Å². The largest absolute Gasteiger partial charge is 0.477 e. The zero-order valence-corrected chi connectivity index (χ0v) is 17.6. The van der Waals surface area contributed by atoms with Gasteiger partial charge in [0.05, 0.1) is 12.8 Å². The molecule has 2 amide bonds. The van der Waals surface area contributed by atoms with E-state index in [0.717, 1.165) is 30.4 Å². The summed E-state index contributed by atoms with van der Waals surface area (Å²) in [6.07, 6.45) is 3.41. The Morgan fingerprint density at radius 1 is 1.16 bits per heavy atom. The highest BCUT2D eigenvalue weighted by Gasteiger charge is 2.33. The van der Waals surface area contributed by atoms with Crippen molar-refractivity contribution < 1.29 is 22.5 Å². The maximum absolute atomic E-state index is 13.8. The van der Waals surface area contributed by atoms with Crippen LogP contribution in [0.25, 0.3) is 0 Å². The minimum absolute atomic E-state index is 0.0749. The number of carbonyl (C=O) groups excluding carboxylic acids is 1.